The normalized spacial score (nSPS) is 28.2. The van der Waals surface area contributed by atoms with Gasteiger partial charge in [0.05, 0.1) is 12.1 Å². The monoisotopic (exact) mass is 346 g/mol. The standard InChI is InChI=1S/C17H18N2O4S/c20-14-7-8-17(19(14)12-5-1-2-6-13(12)24-17)16(23)18-9-3-4-11(18)10-15(21)22/h1-2,5-6,11H,3-4,7-10H2,(H,21,22). The van der Waals surface area contributed by atoms with Crippen LogP contribution in [0.5, 0.6) is 0 Å². The first-order valence-electron chi connectivity index (χ1n) is 8.17. The van der Waals surface area contributed by atoms with Gasteiger partial charge in [0, 0.05) is 23.9 Å². The van der Waals surface area contributed by atoms with Crippen molar-refractivity contribution in [3.63, 3.8) is 0 Å². The molecule has 0 bridgehead atoms. The second-order valence-electron chi connectivity index (χ2n) is 6.48. The number of fused-ring (bicyclic) bond motifs is 3. The molecule has 2 saturated heterocycles. The third-order valence-electron chi connectivity index (χ3n) is 5.06. The minimum atomic E-state index is -0.929. The number of rotatable bonds is 3. The van der Waals surface area contributed by atoms with Crippen molar-refractivity contribution in [1.82, 2.24) is 4.90 Å². The van der Waals surface area contributed by atoms with E-state index in [1.165, 1.54) is 11.8 Å². The van der Waals surface area contributed by atoms with Crippen molar-refractivity contribution in [1.29, 1.82) is 0 Å². The van der Waals surface area contributed by atoms with E-state index in [1.807, 2.05) is 24.3 Å². The SMILES string of the molecule is O=C(O)CC1CCCN1C(=O)C12CCC(=O)N1c1ccccc1S2. The van der Waals surface area contributed by atoms with Gasteiger partial charge >= 0.3 is 5.97 Å². The largest absolute Gasteiger partial charge is 0.481 e. The first kappa shape index (κ1) is 15.5. The van der Waals surface area contributed by atoms with Gasteiger partial charge in [0.25, 0.3) is 5.91 Å². The maximum atomic E-state index is 13.4. The van der Waals surface area contributed by atoms with Crippen molar-refractivity contribution in [3.8, 4) is 0 Å². The van der Waals surface area contributed by atoms with Crippen LogP contribution in [0.2, 0.25) is 0 Å². The minimum Gasteiger partial charge on any atom is -0.481 e. The van der Waals surface area contributed by atoms with Crippen LogP contribution in [0.15, 0.2) is 29.2 Å². The number of benzene rings is 1. The molecule has 2 fully saturated rings. The Morgan fingerprint density at radius 3 is 2.92 bits per heavy atom. The summed E-state index contributed by atoms with van der Waals surface area (Å²) in [5.41, 5.74) is 0.798. The van der Waals surface area contributed by atoms with E-state index in [0.717, 1.165) is 17.0 Å². The molecular formula is C17H18N2O4S. The van der Waals surface area contributed by atoms with Gasteiger partial charge in [0.15, 0.2) is 4.87 Å². The number of anilines is 1. The molecule has 1 N–H and O–H groups in total. The van der Waals surface area contributed by atoms with E-state index in [4.69, 9.17) is 5.11 Å². The van der Waals surface area contributed by atoms with Crippen LogP contribution < -0.4 is 4.90 Å². The van der Waals surface area contributed by atoms with Crippen molar-refractivity contribution in [2.75, 3.05) is 11.4 Å². The van der Waals surface area contributed by atoms with E-state index in [-0.39, 0.29) is 24.3 Å². The Balaban J connectivity index is 1.69. The number of carboxylic acids is 1. The van der Waals surface area contributed by atoms with Crippen molar-refractivity contribution in [3.05, 3.63) is 24.3 Å². The summed E-state index contributed by atoms with van der Waals surface area (Å²) in [5.74, 6) is -1.04. The Hall–Kier alpha value is -2.02. The van der Waals surface area contributed by atoms with E-state index < -0.39 is 10.8 Å². The number of para-hydroxylation sites is 1. The van der Waals surface area contributed by atoms with E-state index in [1.54, 1.807) is 9.80 Å². The summed E-state index contributed by atoms with van der Waals surface area (Å²) in [7, 11) is 0. The number of amides is 2. The number of aliphatic carboxylic acids is 1. The summed E-state index contributed by atoms with van der Waals surface area (Å²) in [6, 6.07) is 7.30. The number of carbonyl (C=O) groups excluding carboxylic acids is 2. The lowest BCUT2D eigenvalue weighted by Gasteiger charge is -2.35. The van der Waals surface area contributed by atoms with Gasteiger partial charge in [-0.05, 0) is 31.4 Å². The Morgan fingerprint density at radius 2 is 2.12 bits per heavy atom. The zero-order valence-electron chi connectivity index (χ0n) is 13.1. The molecular weight excluding hydrogens is 328 g/mol. The Bertz CT molecular complexity index is 737. The molecule has 2 unspecified atom stereocenters. The fraction of sp³-hybridized carbons (Fsp3) is 0.471. The average Bonchev–Trinajstić information content (AvgIpc) is 3.21. The maximum Gasteiger partial charge on any atom is 0.305 e. The van der Waals surface area contributed by atoms with Crippen LogP contribution in [0, 0.1) is 0 Å². The van der Waals surface area contributed by atoms with Crippen LogP contribution in [0.4, 0.5) is 5.69 Å². The summed E-state index contributed by atoms with van der Waals surface area (Å²) in [4.78, 5) is 40.3. The minimum absolute atomic E-state index is 0.0326. The van der Waals surface area contributed by atoms with Crippen LogP contribution in [0.25, 0.3) is 0 Å². The Morgan fingerprint density at radius 1 is 1.33 bits per heavy atom. The second-order valence-corrected chi connectivity index (χ2v) is 7.80. The van der Waals surface area contributed by atoms with Crippen molar-refractivity contribution < 1.29 is 19.5 Å². The molecule has 3 aliphatic rings. The first-order chi connectivity index (χ1) is 11.5. The van der Waals surface area contributed by atoms with Gasteiger partial charge in [-0.3, -0.25) is 19.3 Å². The highest BCUT2D eigenvalue weighted by Crippen LogP contribution is 2.56. The predicted octanol–water partition coefficient (Wildman–Crippen LogP) is 2.08. The predicted molar refractivity (Wildman–Crippen MR) is 88.7 cm³/mol. The Kier molecular flexibility index (Phi) is 3.56. The molecule has 3 aliphatic heterocycles. The summed E-state index contributed by atoms with van der Waals surface area (Å²) in [6.07, 6.45) is 2.31. The van der Waals surface area contributed by atoms with Gasteiger partial charge in [0.2, 0.25) is 5.91 Å². The molecule has 6 nitrogen and oxygen atoms in total. The molecule has 24 heavy (non-hydrogen) atoms. The lowest BCUT2D eigenvalue weighted by Crippen LogP contribution is -2.55. The van der Waals surface area contributed by atoms with Crippen molar-refractivity contribution in [2.24, 2.45) is 0 Å². The number of likely N-dealkylation sites (tertiary alicyclic amines) is 1. The molecule has 7 heteroatoms. The lowest BCUT2D eigenvalue weighted by atomic mass is 10.1. The van der Waals surface area contributed by atoms with Gasteiger partial charge in [-0.25, -0.2) is 0 Å². The van der Waals surface area contributed by atoms with Crippen LogP contribution in [-0.2, 0) is 14.4 Å². The number of thioether (sulfide) groups is 1. The molecule has 0 saturated carbocycles. The topological polar surface area (TPSA) is 77.9 Å². The molecule has 0 radical (unpaired) electrons. The summed E-state index contributed by atoms with van der Waals surface area (Å²) >= 11 is 1.44. The van der Waals surface area contributed by atoms with Crippen LogP contribution in [-0.4, -0.2) is 45.2 Å². The molecule has 0 aliphatic carbocycles. The smallest absolute Gasteiger partial charge is 0.305 e. The molecule has 2 atom stereocenters. The lowest BCUT2D eigenvalue weighted by molar-refractivity contribution is -0.140. The van der Waals surface area contributed by atoms with Crippen LogP contribution >= 0.6 is 11.8 Å². The summed E-state index contributed by atoms with van der Waals surface area (Å²) in [5, 5.41) is 9.10. The molecule has 4 rings (SSSR count). The highest BCUT2D eigenvalue weighted by Gasteiger charge is 2.59. The van der Waals surface area contributed by atoms with Crippen LogP contribution in [0.3, 0.4) is 0 Å². The molecule has 2 amide bonds. The van der Waals surface area contributed by atoms with Crippen LogP contribution in [0.1, 0.15) is 32.1 Å². The average molecular weight is 346 g/mol. The van der Waals surface area contributed by atoms with E-state index in [2.05, 4.69) is 0 Å². The van der Waals surface area contributed by atoms with Gasteiger partial charge < -0.3 is 10.0 Å². The molecule has 0 spiro atoms. The number of carbonyl (C=O) groups is 3. The van der Waals surface area contributed by atoms with E-state index in [9.17, 15) is 14.4 Å². The number of hydrogen-bond donors (Lipinski definition) is 1. The highest BCUT2D eigenvalue weighted by molar-refractivity contribution is 8.02. The zero-order chi connectivity index (χ0) is 16.9. The van der Waals surface area contributed by atoms with Gasteiger partial charge in [-0.2, -0.15) is 0 Å². The number of nitrogens with zero attached hydrogens (tertiary/aromatic N) is 2. The van der Waals surface area contributed by atoms with Gasteiger partial charge in [-0.15, -0.1) is 0 Å². The van der Waals surface area contributed by atoms with E-state index in [0.29, 0.717) is 25.8 Å². The quantitative estimate of drug-likeness (QED) is 0.907. The number of carboxylic acid groups (broad SMARTS) is 1. The molecule has 3 heterocycles. The highest BCUT2D eigenvalue weighted by atomic mass is 32.2. The summed E-state index contributed by atoms with van der Waals surface area (Å²) in [6.45, 7) is 0.567. The first-order valence-corrected chi connectivity index (χ1v) is 8.98. The van der Waals surface area contributed by atoms with Crippen molar-refractivity contribution in [2.45, 2.75) is 47.9 Å². The Labute approximate surface area is 143 Å². The second kappa shape index (κ2) is 5.51. The summed E-state index contributed by atoms with van der Waals surface area (Å²) < 4.78 is 0. The molecule has 0 aromatic heterocycles. The number of hydrogen-bond acceptors (Lipinski definition) is 4. The van der Waals surface area contributed by atoms with E-state index >= 15 is 0 Å². The van der Waals surface area contributed by atoms with Crippen molar-refractivity contribution >= 4 is 35.2 Å². The molecule has 1 aromatic rings. The molecule has 126 valence electrons. The molecule has 1 aromatic carbocycles. The third kappa shape index (κ3) is 2.14. The van der Waals surface area contributed by atoms with Gasteiger partial charge in [0.1, 0.15) is 0 Å². The zero-order valence-corrected chi connectivity index (χ0v) is 13.9. The fourth-order valence-corrected chi connectivity index (χ4v) is 5.50. The fourth-order valence-electron chi connectivity index (χ4n) is 4.02. The van der Waals surface area contributed by atoms with Gasteiger partial charge in [-0.1, -0.05) is 23.9 Å². The third-order valence-corrected chi connectivity index (χ3v) is 6.52. The maximum absolute atomic E-state index is 13.4.